The van der Waals surface area contributed by atoms with Gasteiger partial charge in [-0.3, -0.25) is 9.59 Å². The zero-order valence-electron chi connectivity index (χ0n) is 11.1. The van der Waals surface area contributed by atoms with Gasteiger partial charge in [0.2, 0.25) is 5.91 Å². The van der Waals surface area contributed by atoms with E-state index in [1.807, 2.05) is 7.05 Å². The molecule has 0 bridgehead atoms. The van der Waals surface area contributed by atoms with E-state index in [4.69, 9.17) is 4.42 Å². The largest absolute Gasteiger partial charge is 0.472 e. The number of carbonyl (C=O) groups excluding carboxylic acids is 2. The molecule has 0 saturated carbocycles. The molecule has 0 aliphatic carbocycles. The average Bonchev–Trinajstić information content (AvgIpc) is 2.88. The van der Waals surface area contributed by atoms with Gasteiger partial charge in [0.1, 0.15) is 12.3 Å². The summed E-state index contributed by atoms with van der Waals surface area (Å²) >= 11 is 0. The smallest absolute Gasteiger partial charge is 0.255 e. The number of hydrogen-bond donors (Lipinski definition) is 3. The van der Waals surface area contributed by atoms with Gasteiger partial charge in [-0.05, 0) is 33.0 Å². The van der Waals surface area contributed by atoms with Crippen molar-refractivity contribution in [3.63, 3.8) is 0 Å². The summed E-state index contributed by atoms with van der Waals surface area (Å²) in [5.41, 5.74) is 0.407. The van der Waals surface area contributed by atoms with Gasteiger partial charge in [-0.1, -0.05) is 0 Å². The second-order valence-corrected chi connectivity index (χ2v) is 3.96. The highest BCUT2D eigenvalue weighted by Gasteiger charge is 2.16. The summed E-state index contributed by atoms with van der Waals surface area (Å²) in [6.45, 7) is 3.08. The minimum absolute atomic E-state index is 0. The Morgan fingerprint density at radius 2 is 2.11 bits per heavy atom. The van der Waals surface area contributed by atoms with Crippen molar-refractivity contribution in [1.29, 1.82) is 0 Å². The van der Waals surface area contributed by atoms with Crippen LogP contribution in [0.2, 0.25) is 0 Å². The SMILES string of the molecule is CNCCCNC(=O)C(C)NC(=O)c1ccoc1.Cl. The molecular weight excluding hydrogens is 270 g/mol. The maximum Gasteiger partial charge on any atom is 0.255 e. The van der Waals surface area contributed by atoms with Crippen LogP contribution in [0.5, 0.6) is 0 Å². The van der Waals surface area contributed by atoms with Crippen molar-refractivity contribution in [3.05, 3.63) is 24.2 Å². The number of carbonyl (C=O) groups is 2. The number of amides is 2. The molecule has 0 spiro atoms. The predicted molar refractivity (Wildman–Crippen MR) is 74.4 cm³/mol. The van der Waals surface area contributed by atoms with Crippen molar-refractivity contribution in [2.24, 2.45) is 0 Å². The van der Waals surface area contributed by atoms with E-state index in [1.54, 1.807) is 13.0 Å². The summed E-state index contributed by atoms with van der Waals surface area (Å²) in [4.78, 5) is 23.3. The van der Waals surface area contributed by atoms with Crippen LogP contribution in [-0.4, -0.2) is 38.0 Å². The third-order valence-electron chi connectivity index (χ3n) is 2.43. The normalized spacial score (nSPS) is 11.3. The molecule has 0 aliphatic rings. The van der Waals surface area contributed by atoms with Gasteiger partial charge in [-0.15, -0.1) is 12.4 Å². The van der Waals surface area contributed by atoms with E-state index < -0.39 is 6.04 Å². The molecule has 3 N–H and O–H groups in total. The Balaban J connectivity index is 0.00000324. The Labute approximate surface area is 118 Å². The third-order valence-corrected chi connectivity index (χ3v) is 2.43. The fourth-order valence-corrected chi connectivity index (χ4v) is 1.37. The molecule has 0 aliphatic heterocycles. The molecule has 1 aromatic heterocycles. The van der Waals surface area contributed by atoms with E-state index in [0.717, 1.165) is 13.0 Å². The highest BCUT2D eigenvalue weighted by Crippen LogP contribution is 1.99. The molecule has 1 rings (SSSR count). The molecule has 1 aromatic rings. The maximum atomic E-state index is 11.6. The van der Waals surface area contributed by atoms with Crippen LogP contribution < -0.4 is 16.0 Å². The molecule has 19 heavy (non-hydrogen) atoms. The molecule has 0 aromatic carbocycles. The minimum Gasteiger partial charge on any atom is -0.472 e. The van der Waals surface area contributed by atoms with E-state index in [0.29, 0.717) is 12.1 Å². The molecule has 2 amide bonds. The van der Waals surface area contributed by atoms with E-state index in [9.17, 15) is 9.59 Å². The fraction of sp³-hybridized carbons (Fsp3) is 0.500. The molecule has 0 radical (unpaired) electrons. The lowest BCUT2D eigenvalue weighted by Crippen LogP contribution is -2.45. The van der Waals surface area contributed by atoms with Crippen LogP contribution in [-0.2, 0) is 4.79 Å². The number of rotatable bonds is 7. The first-order valence-electron chi connectivity index (χ1n) is 5.90. The topological polar surface area (TPSA) is 83.4 Å². The van der Waals surface area contributed by atoms with E-state index >= 15 is 0 Å². The van der Waals surface area contributed by atoms with Gasteiger partial charge in [0, 0.05) is 6.54 Å². The van der Waals surface area contributed by atoms with Crippen LogP contribution in [0.3, 0.4) is 0 Å². The van der Waals surface area contributed by atoms with E-state index in [-0.39, 0.29) is 24.2 Å². The summed E-state index contributed by atoms with van der Waals surface area (Å²) in [5.74, 6) is -0.510. The molecule has 7 heteroatoms. The lowest BCUT2D eigenvalue weighted by Gasteiger charge is -2.13. The van der Waals surface area contributed by atoms with Gasteiger partial charge in [-0.2, -0.15) is 0 Å². The van der Waals surface area contributed by atoms with Crippen molar-refractivity contribution in [2.75, 3.05) is 20.1 Å². The fourth-order valence-electron chi connectivity index (χ4n) is 1.37. The molecule has 6 nitrogen and oxygen atoms in total. The summed E-state index contributed by atoms with van der Waals surface area (Å²) in [5, 5.41) is 8.34. The number of halogens is 1. The summed E-state index contributed by atoms with van der Waals surface area (Å²) in [7, 11) is 1.86. The van der Waals surface area contributed by atoms with Gasteiger partial charge in [0.25, 0.3) is 5.91 Å². The molecule has 0 saturated heterocycles. The Morgan fingerprint density at radius 3 is 2.68 bits per heavy atom. The van der Waals surface area contributed by atoms with Gasteiger partial charge in [-0.25, -0.2) is 0 Å². The van der Waals surface area contributed by atoms with Crippen LogP contribution in [0.15, 0.2) is 23.0 Å². The average molecular weight is 290 g/mol. The van der Waals surface area contributed by atoms with E-state index in [1.165, 1.54) is 12.5 Å². The second-order valence-electron chi connectivity index (χ2n) is 3.96. The van der Waals surface area contributed by atoms with Crippen molar-refractivity contribution < 1.29 is 14.0 Å². The van der Waals surface area contributed by atoms with Crippen molar-refractivity contribution >= 4 is 24.2 Å². The summed E-state index contributed by atoms with van der Waals surface area (Å²) in [6.07, 6.45) is 3.61. The molecule has 1 heterocycles. The standard InChI is InChI=1S/C12H19N3O3.ClH/c1-9(11(16)14-6-3-5-13-2)15-12(17)10-4-7-18-8-10;/h4,7-9,13H,3,5-6H2,1-2H3,(H,14,16)(H,15,17);1H. The first kappa shape index (κ1) is 17.5. The molecule has 1 unspecified atom stereocenters. The summed E-state index contributed by atoms with van der Waals surface area (Å²) in [6, 6.07) is 0.981. The van der Waals surface area contributed by atoms with Crippen LogP contribution in [0.4, 0.5) is 0 Å². The van der Waals surface area contributed by atoms with Crippen LogP contribution in [0.1, 0.15) is 23.7 Å². The predicted octanol–water partition coefficient (Wildman–Crippen LogP) is 0.545. The van der Waals surface area contributed by atoms with Crippen LogP contribution in [0.25, 0.3) is 0 Å². The minimum atomic E-state index is -0.568. The Morgan fingerprint density at radius 1 is 1.37 bits per heavy atom. The first-order chi connectivity index (χ1) is 8.65. The lowest BCUT2D eigenvalue weighted by molar-refractivity contribution is -0.122. The van der Waals surface area contributed by atoms with Gasteiger partial charge >= 0.3 is 0 Å². The summed E-state index contributed by atoms with van der Waals surface area (Å²) < 4.78 is 4.80. The Hall–Kier alpha value is -1.53. The van der Waals surface area contributed by atoms with Gasteiger partial charge < -0.3 is 20.4 Å². The number of nitrogens with one attached hydrogen (secondary N) is 3. The molecule has 108 valence electrons. The monoisotopic (exact) mass is 289 g/mol. The van der Waals surface area contributed by atoms with E-state index in [2.05, 4.69) is 16.0 Å². The Kier molecular flexibility index (Phi) is 8.65. The second kappa shape index (κ2) is 9.41. The highest BCUT2D eigenvalue weighted by atomic mass is 35.5. The zero-order chi connectivity index (χ0) is 13.4. The molecular formula is C12H20ClN3O3. The molecule has 1 atom stereocenters. The number of hydrogen-bond acceptors (Lipinski definition) is 4. The van der Waals surface area contributed by atoms with Crippen molar-refractivity contribution in [2.45, 2.75) is 19.4 Å². The number of furan rings is 1. The Bertz CT molecular complexity index is 382. The highest BCUT2D eigenvalue weighted by molar-refractivity contribution is 5.97. The molecule has 0 fully saturated rings. The first-order valence-corrected chi connectivity index (χ1v) is 5.90. The lowest BCUT2D eigenvalue weighted by atomic mass is 10.2. The van der Waals surface area contributed by atoms with Gasteiger partial charge in [0.15, 0.2) is 0 Å². The quantitative estimate of drug-likeness (QED) is 0.640. The van der Waals surface area contributed by atoms with Gasteiger partial charge in [0.05, 0.1) is 11.8 Å². The third kappa shape index (κ3) is 6.26. The van der Waals surface area contributed by atoms with Crippen molar-refractivity contribution in [1.82, 2.24) is 16.0 Å². The van der Waals surface area contributed by atoms with Crippen molar-refractivity contribution in [3.8, 4) is 0 Å². The maximum absolute atomic E-state index is 11.6. The zero-order valence-corrected chi connectivity index (χ0v) is 11.9. The van der Waals surface area contributed by atoms with Crippen LogP contribution in [0, 0.1) is 0 Å². The van der Waals surface area contributed by atoms with Crippen LogP contribution >= 0.6 is 12.4 Å².